The number of guanidine groups is 1. The summed E-state index contributed by atoms with van der Waals surface area (Å²) in [6.07, 6.45) is 1.77. The maximum atomic E-state index is 5.29. The molecular formula is C11H13IN4. The highest BCUT2D eigenvalue weighted by molar-refractivity contribution is 14.0. The molecule has 4 N–H and O–H groups in total. The van der Waals surface area contributed by atoms with Gasteiger partial charge in [0, 0.05) is 11.6 Å². The van der Waals surface area contributed by atoms with Crippen molar-refractivity contribution in [2.75, 3.05) is 0 Å². The minimum atomic E-state index is 0. The standard InChI is InChI=1S/C11H12N4.HI/c12-11(13)15-7-9-4-1-3-8-5-2-6-14-10(8)9;/h1-6H,7H2,(H4,12,13,15);1H. The molecule has 0 bridgehead atoms. The maximum Gasteiger partial charge on any atom is 0.186 e. The third kappa shape index (κ3) is 2.82. The molecule has 2 aromatic rings. The zero-order valence-electron chi connectivity index (χ0n) is 8.63. The quantitative estimate of drug-likeness (QED) is 0.500. The smallest absolute Gasteiger partial charge is 0.186 e. The van der Waals surface area contributed by atoms with Crippen LogP contribution in [-0.2, 0) is 6.54 Å². The second-order valence-electron chi connectivity index (χ2n) is 3.23. The van der Waals surface area contributed by atoms with E-state index in [0.29, 0.717) is 6.54 Å². The van der Waals surface area contributed by atoms with E-state index >= 15 is 0 Å². The largest absolute Gasteiger partial charge is 0.370 e. The molecular weight excluding hydrogens is 315 g/mol. The predicted octanol–water partition coefficient (Wildman–Crippen LogP) is 1.63. The number of nitrogens with zero attached hydrogens (tertiary/aromatic N) is 2. The van der Waals surface area contributed by atoms with Gasteiger partial charge < -0.3 is 11.5 Å². The molecule has 0 spiro atoms. The highest BCUT2D eigenvalue weighted by Gasteiger charge is 1.99. The van der Waals surface area contributed by atoms with Crippen LogP contribution in [0, 0.1) is 0 Å². The van der Waals surface area contributed by atoms with Gasteiger partial charge in [-0.1, -0.05) is 24.3 Å². The van der Waals surface area contributed by atoms with Crippen LogP contribution in [0.4, 0.5) is 0 Å². The van der Waals surface area contributed by atoms with Crippen LogP contribution in [0.15, 0.2) is 41.5 Å². The van der Waals surface area contributed by atoms with Crippen molar-refractivity contribution in [1.29, 1.82) is 0 Å². The van der Waals surface area contributed by atoms with Gasteiger partial charge in [-0.2, -0.15) is 0 Å². The normalized spacial score (nSPS) is 9.50. The first-order valence-electron chi connectivity index (χ1n) is 4.65. The number of hydrogen-bond acceptors (Lipinski definition) is 2. The van der Waals surface area contributed by atoms with Crippen molar-refractivity contribution in [3.63, 3.8) is 0 Å². The van der Waals surface area contributed by atoms with Crippen molar-refractivity contribution in [3.05, 3.63) is 42.1 Å². The lowest BCUT2D eigenvalue weighted by atomic mass is 10.1. The number of fused-ring (bicyclic) bond motifs is 1. The fourth-order valence-corrected chi connectivity index (χ4v) is 1.47. The molecule has 0 radical (unpaired) electrons. The van der Waals surface area contributed by atoms with E-state index < -0.39 is 0 Å². The molecule has 0 aliphatic heterocycles. The molecule has 1 heterocycles. The van der Waals surface area contributed by atoms with Gasteiger partial charge in [0.2, 0.25) is 0 Å². The zero-order valence-corrected chi connectivity index (χ0v) is 11.0. The number of benzene rings is 1. The summed E-state index contributed by atoms with van der Waals surface area (Å²) in [5.74, 6) is 0.0999. The average Bonchev–Trinajstić information content (AvgIpc) is 2.26. The van der Waals surface area contributed by atoms with Gasteiger partial charge in [0.1, 0.15) is 0 Å². The van der Waals surface area contributed by atoms with Gasteiger partial charge in [-0.25, -0.2) is 4.99 Å². The average molecular weight is 328 g/mol. The lowest BCUT2D eigenvalue weighted by Crippen LogP contribution is -2.22. The van der Waals surface area contributed by atoms with E-state index in [0.717, 1.165) is 16.5 Å². The number of aromatic nitrogens is 1. The summed E-state index contributed by atoms with van der Waals surface area (Å²) in [6, 6.07) is 9.89. The van der Waals surface area contributed by atoms with E-state index in [9.17, 15) is 0 Å². The summed E-state index contributed by atoms with van der Waals surface area (Å²) >= 11 is 0. The van der Waals surface area contributed by atoms with Crippen LogP contribution in [0.3, 0.4) is 0 Å². The maximum absolute atomic E-state index is 5.29. The first-order valence-corrected chi connectivity index (χ1v) is 4.65. The van der Waals surface area contributed by atoms with Gasteiger partial charge in [-0.05, 0) is 11.6 Å². The Labute approximate surface area is 111 Å². The van der Waals surface area contributed by atoms with E-state index in [1.54, 1.807) is 6.20 Å². The van der Waals surface area contributed by atoms with Crippen LogP contribution in [-0.4, -0.2) is 10.9 Å². The van der Waals surface area contributed by atoms with E-state index in [2.05, 4.69) is 9.98 Å². The van der Waals surface area contributed by atoms with Crippen molar-refractivity contribution in [2.45, 2.75) is 6.54 Å². The Hall–Kier alpha value is -1.37. The lowest BCUT2D eigenvalue weighted by molar-refractivity contribution is 1.06. The van der Waals surface area contributed by atoms with E-state index in [1.165, 1.54) is 0 Å². The van der Waals surface area contributed by atoms with Crippen LogP contribution < -0.4 is 11.5 Å². The molecule has 16 heavy (non-hydrogen) atoms. The Bertz CT molecular complexity index is 501. The molecule has 84 valence electrons. The van der Waals surface area contributed by atoms with Crippen LogP contribution in [0.1, 0.15) is 5.56 Å². The van der Waals surface area contributed by atoms with E-state index in [-0.39, 0.29) is 29.9 Å². The Kier molecular flexibility index (Phi) is 4.48. The minimum Gasteiger partial charge on any atom is -0.370 e. The van der Waals surface area contributed by atoms with Gasteiger partial charge in [-0.3, -0.25) is 4.98 Å². The SMILES string of the molecule is I.NC(N)=NCc1cccc2cccnc12. The number of hydrogen-bond donors (Lipinski definition) is 2. The molecule has 1 aromatic heterocycles. The highest BCUT2D eigenvalue weighted by Crippen LogP contribution is 2.16. The zero-order chi connectivity index (χ0) is 10.7. The molecule has 0 fully saturated rings. The molecule has 0 unspecified atom stereocenters. The van der Waals surface area contributed by atoms with Gasteiger partial charge in [0.05, 0.1) is 12.1 Å². The van der Waals surface area contributed by atoms with Gasteiger partial charge in [0.15, 0.2) is 5.96 Å². The fraction of sp³-hybridized carbons (Fsp3) is 0.0909. The number of halogens is 1. The van der Waals surface area contributed by atoms with Crippen molar-refractivity contribution in [1.82, 2.24) is 4.98 Å². The van der Waals surface area contributed by atoms with Gasteiger partial charge >= 0.3 is 0 Å². The summed E-state index contributed by atoms with van der Waals surface area (Å²) in [7, 11) is 0. The molecule has 0 saturated heterocycles. The van der Waals surface area contributed by atoms with E-state index in [1.807, 2.05) is 30.3 Å². The molecule has 0 aliphatic rings. The second-order valence-corrected chi connectivity index (χ2v) is 3.23. The third-order valence-electron chi connectivity index (χ3n) is 2.15. The summed E-state index contributed by atoms with van der Waals surface area (Å²) < 4.78 is 0. The molecule has 1 aromatic carbocycles. The number of rotatable bonds is 2. The van der Waals surface area contributed by atoms with Crippen LogP contribution >= 0.6 is 24.0 Å². The molecule has 2 rings (SSSR count). The first kappa shape index (κ1) is 12.7. The number of aliphatic imine (C=N–C) groups is 1. The first-order chi connectivity index (χ1) is 7.27. The molecule has 4 nitrogen and oxygen atoms in total. The topological polar surface area (TPSA) is 77.3 Å². The minimum absolute atomic E-state index is 0. The summed E-state index contributed by atoms with van der Waals surface area (Å²) in [4.78, 5) is 8.29. The Morgan fingerprint density at radius 3 is 2.69 bits per heavy atom. The summed E-state index contributed by atoms with van der Waals surface area (Å²) in [6.45, 7) is 0.469. The van der Waals surface area contributed by atoms with Crippen molar-refractivity contribution in [2.24, 2.45) is 16.5 Å². The monoisotopic (exact) mass is 328 g/mol. The number of para-hydroxylation sites is 1. The van der Waals surface area contributed by atoms with Crippen molar-refractivity contribution in [3.8, 4) is 0 Å². The molecule has 0 saturated carbocycles. The van der Waals surface area contributed by atoms with Gasteiger partial charge in [0.25, 0.3) is 0 Å². The van der Waals surface area contributed by atoms with Crippen molar-refractivity contribution < 1.29 is 0 Å². The van der Waals surface area contributed by atoms with E-state index in [4.69, 9.17) is 11.5 Å². The highest BCUT2D eigenvalue weighted by atomic mass is 127. The lowest BCUT2D eigenvalue weighted by Gasteiger charge is -2.02. The number of pyridine rings is 1. The van der Waals surface area contributed by atoms with Crippen LogP contribution in [0.25, 0.3) is 10.9 Å². The third-order valence-corrected chi connectivity index (χ3v) is 2.15. The van der Waals surface area contributed by atoms with Crippen molar-refractivity contribution >= 4 is 40.8 Å². The Balaban J connectivity index is 0.00000128. The summed E-state index contributed by atoms with van der Waals surface area (Å²) in [5, 5.41) is 1.10. The van der Waals surface area contributed by atoms with Crippen LogP contribution in [0.2, 0.25) is 0 Å². The molecule has 5 heteroatoms. The predicted molar refractivity (Wildman–Crippen MR) is 76.7 cm³/mol. The summed E-state index contributed by atoms with van der Waals surface area (Å²) in [5.41, 5.74) is 12.6. The Morgan fingerprint density at radius 2 is 1.94 bits per heavy atom. The molecule has 0 amide bonds. The van der Waals surface area contributed by atoms with Gasteiger partial charge in [-0.15, -0.1) is 24.0 Å². The second kappa shape index (κ2) is 5.64. The number of nitrogens with two attached hydrogens (primary N) is 2. The molecule has 0 aliphatic carbocycles. The van der Waals surface area contributed by atoms with Crippen LogP contribution in [0.5, 0.6) is 0 Å². The fourth-order valence-electron chi connectivity index (χ4n) is 1.47. The molecule has 0 atom stereocenters. The Morgan fingerprint density at radius 1 is 1.19 bits per heavy atom.